The van der Waals surface area contributed by atoms with E-state index in [4.69, 9.17) is 4.74 Å². The van der Waals surface area contributed by atoms with E-state index in [-0.39, 0.29) is 11.6 Å². The first kappa shape index (κ1) is 15.3. The number of rotatable bonds is 0. The Kier molecular flexibility index (Phi) is 3.89. The van der Waals surface area contributed by atoms with Crippen LogP contribution in [0, 0.1) is 0 Å². The molecule has 0 atom stereocenters. The number of hydrogen-bond donors (Lipinski definition) is 1. The van der Waals surface area contributed by atoms with Gasteiger partial charge in [-0.15, -0.1) is 0 Å². The molecule has 1 amide bonds. The molecule has 0 unspecified atom stereocenters. The van der Waals surface area contributed by atoms with Gasteiger partial charge in [-0.05, 0) is 51.2 Å². The maximum atomic E-state index is 12.2. The minimum Gasteiger partial charge on any atom is -0.444 e. The Bertz CT molecular complexity index is 554. The van der Waals surface area contributed by atoms with Gasteiger partial charge < -0.3 is 15.0 Å². The van der Waals surface area contributed by atoms with Crippen LogP contribution in [0.25, 0.3) is 0 Å². The molecule has 0 bridgehead atoms. The molecule has 1 saturated heterocycles. The van der Waals surface area contributed by atoms with Crippen molar-refractivity contribution in [2.75, 3.05) is 19.6 Å². The second-order valence-electron chi connectivity index (χ2n) is 7.38. The number of fused-ring (bicyclic) bond motifs is 2. The van der Waals surface area contributed by atoms with Crippen LogP contribution in [0.3, 0.4) is 0 Å². The predicted octanol–water partition coefficient (Wildman–Crippen LogP) is 3.06. The number of hydrogen-bond acceptors (Lipinski definition) is 3. The molecule has 4 heteroatoms. The van der Waals surface area contributed by atoms with Crippen LogP contribution >= 0.6 is 0 Å². The minimum absolute atomic E-state index is 0.0351. The number of ether oxygens (including phenoxy) is 1. The van der Waals surface area contributed by atoms with Gasteiger partial charge in [-0.2, -0.15) is 0 Å². The van der Waals surface area contributed by atoms with Crippen molar-refractivity contribution in [2.45, 2.75) is 51.2 Å². The number of amides is 1. The summed E-state index contributed by atoms with van der Waals surface area (Å²) in [7, 11) is 0. The molecule has 0 radical (unpaired) electrons. The van der Waals surface area contributed by atoms with E-state index in [9.17, 15) is 4.79 Å². The van der Waals surface area contributed by atoms with Gasteiger partial charge >= 0.3 is 6.09 Å². The van der Waals surface area contributed by atoms with Crippen LogP contribution < -0.4 is 5.32 Å². The maximum Gasteiger partial charge on any atom is 0.410 e. The van der Waals surface area contributed by atoms with E-state index in [0.717, 1.165) is 38.9 Å². The van der Waals surface area contributed by atoms with Crippen molar-refractivity contribution in [3.05, 3.63) is 35.4 Å². The van der Waals surface area contributed by atoms with E-state index in [1.54, 1.807) is 0 Å². The number of benzene rings is 1. The zero-order valence-electron chi connectivity index (χ0n) is 13.8. The third-order valence-corrected chi connectivity index (χ3v) is 4.66. The highest BCUT2D eigenvalue weighted by Crippen LogP contribution is 2.37. The third-order valence-electron chi connectivity index (χ3n) is 4.66. The molecule has 0 aromatic heterocycles. The van der Waals surface area contributed by atoms with Crippen LogP contribution in [0.1, 0.15) is 44.7 Å². The molecule has 4 nitrogen and oxygen atoms in total. The van der Waals surface area contributed by atoms with Crippen LogP contribution in [-0.4, -0.2) is 36.2 Å². The smallest absolute Gasteiger partial charge is 0.410 e. The highest BCUT2D eigenvalue weighted by molar-refractivity contribution is 5.68. The third kappa shape index (κ3) is 2.98. The van der Waals surface area contributed by atoms with Crippen LogP contribution in [0.5, 0.6) is 0 Å². The van der Waals surface area contributed by atoms with Crippen molar-refractivity contribution < 1.29 is 9.53 Å². The summed E-state index contributed by atoms with van der Waals surface area (Å²) in [6.45, 7) is 8.25. The van der Waals surface area contributed by atoms with Crippen molar-refractivity contribution in [1.82, 2.24) is 10.2 Å². The van der Waals surface area contributed by atoms with Crippen molar-refractivity contribution in [1.29, 1.82) is 0 Å². The fourth-order valence-corrected chi connectivity index (χ4v) is 3.58. The zero-order chi connectivity index (χ0) is 15.8. The van der Waals surface area contributed by atoms with Crippen molar-refractivity contribution >= 4 is 6.09 Å². The molecule has 2 aliphatic rings. The van der Waals surface area contributed by atoms with Gasteiger partial charge in [-0.25, -0.2) is 4.79 Å². The summed E-state index contributed by atoms with van der Waals surface area (Å²) in [4.78, 5) is 14.1. The number of nitrogens with zero attached hydrogens (tertiary/aromatic N) is 1. The molecule has 2 aliphatic heterocycles. The summed E-state index contributed by atoms with van der Waals surface area (Å²) >= 11 is 0. The molecule has 0 aliphatic carbocycles. The molecule has 0 saturated carbocycles. The lowest BCUT2D eigenvalue weighted by Crippen LogP contribution is -2.55. The monoisotopic (exact) mass is 302 g/mol. The van der Waals surface area contributed by atoms with Gasteiger partial charge in [0.1, 0.15) is 5.60 Å². The Hall–Kier alpha value is -1.55. The average Bonchev–Trinajstić information content (AvgIpc) is 2.47. The average molecular weight is 302 g/mol. The molecular weight excluding hydrogens is 276 g/mol. The summed E-state index contributed by atoms with van der Waals surface area (Å²) in [5.74, 6) is 0. The second-order valence-corrected chi connectivity index (χ2v) is 7.38. The standard InChI is InChI=1S/C18H26N2O2/c1-17(2,3)22-16(21)20-12-9-18(10-13-20)15-7-5-4-6-14(15)8-11-19-18/h4-7,19H,8-13H2,1-3H3. The highest BCUT2D eigenvalue weighted by Gasteiger charge is 2.40. The Morgan fingerprint density at radius 1 is 1.23 bits per heavy atom. The quantitative estimate of drug-likeness (QED) is 0.801. The first-order valence-electron chi connectivity index (χ1n) is 8.21. The Balaban J connectivity index is 1.71. The van der Waals surface area contributed by atoms with Gasteiger partial charge in [-0.3, -0.25) is 0 Å². The summed E-state index contributed by atoms with van der Waals surface area (Å²) in [5.41, 5.74) is 2.48. The molecule has 120 valence electrons. The van der Waals surface area contributed by atoms with Crippen molar-refractivity contribution in [3.8, 4) is 0 Å². The Morgan fingerprint density at radius 3 is 2.59 bits per heavy atom. The molecular formula is C18H26N2O2. The molecule has 22 heavy (non-hydrogen) atoms. The van der Waals surface area contributed by atoms with E-state index >= 15 is 0 Å². The van der Waals surface area contributed by atoms with Crippen molar-refractivity contribution in [2.24, 2.45) is 0 Å². The molecule has 1 N–H and O–H groups in total. The number of nitrogens with one attached hydrogen (secondary N) is 1. The molecule has 1 spiro atoms. The number of piperidine rings is 1. The van der Waals surface area contributed by atoms with Gasteiger partial charge in [0.2, 0.25) is 0 Å². The summed E-state index contributed by atoms with van der Waals surface area (Å²) in [6.07, 6.45) is 2.80. The maximum absolute atomic E-state index is 12.2. The van der Waals surface area contributed by atoms with Gasteiger partial charge in [0.15, 0.2) is 0 Å². The number of likely N-dealkylation sites (tertiary alicyclic amines) is 1. The van der Waals surface area contributed by atoms with Gasteiger partial charge in [0, 0.05) is 25.2 Å². The normalized spacial score (nSPS) is 20.6. The minimum atomic E-state index is -0.429. The van der Waals surface area contributed by atoms with E-state index in [1.165, 1.54) is 11.1 Å². The summed E-state index contributed by atoms with van der Waals surface area (Å²) < 4.78 is 5.49. The topological polar surface area (TPSA) is 41.6 Å². The lowest BCUT2D eigenvalue weighted by Gasteiger charge is -2.46. The SMILES string of the molecule is CC(C)(C)OC(=O)N1CCC2(CC1)NCCc1ccccc12. The first-order valence-corrected chi connectivity index (χ1v) is 8.21. The van der Waals surface area contributed by atoms with Gasteiger partial charge in [-0.1, -0.05) is 24.3 Å². The fraction of sp³-hybridized carbons (Fsp3) is 0.611. The lowest BCUT2D eigenvalue weighted by molar-refractivity contribution is 0.0139. The first-order chi connectivity index (χ1) is 10.4. The van der Waals surface area contributed by atoms with E-state index in [2.05, 4.69) is 29.6 Å². The predicted molar refractivity (Wildman–Crippen MR) is 86.9 cm³/mol. The van der Waals surface area contributed by atoms with Crippen LogP contribution in [0.2, 0.25) is 0 Å². The van der Waals surface area contributed by atoms with Crippen LogP contribution in [-0.2, 0) is 16.7 Å². The number of carbonyl (C=O) groups excluding carboxylic acids is 1. The van der Waals surface area contributed by atoms with Gasteiger partial charge in [0.25, 0.3) is 0 Å². The summed E-state index contributed by atoms with van der Waals surface area (Å²) in [5, 5.41) is 3.72. The van der Waals surface area contributed by atoms with Crippen molar-refractivity contribution in [3.63, 3.8) is 0 Å². The van der Waals surface area contributed by atoms with E-state index in [1.807, 2.05) is 25.7 Å². The second kappa shape index (κ2) is 5.58. The van der Waals surface area contributed by atoms with Gasteiger partial charge in [0.05, 0.1) is 0 Å². The van der Waals surface area contributed by atoms with Crippen LogP contribution in [0.4, 0.5) is 4.79 Å². The summed E-state index contributed by atoms with van der Waals surface area (Å²) in [6, 6.07) is 8.71. The lowest BCUT2D eigenvalue weighted by atomic mass is 9.76. The highest BCUT2D eigenvalue weighted by atomic mass is 16.6. The van der Waals surface area contributed by atoms with E-state index < -0.39 is 5.60 Å². The van der Waals surface area contributed by atoms with E-state index in [0.29, 0.717) is 0 Å². The molecule has 2 heterocycles. The molecule has 1 aromatic carbocycles. The molecule has 3 rings (SSSR count). The molecule has 1 aromatic rings. The number of carbonyl (C=O) groups is 1. The Labute approximate surface area is 132 Å². The van der Waals surface area contributed by atoms with Crippen LogP contribution in [0.15, 0.2) is 24.3 Å². The fourth-order valence-electron chi connectivity index (χ4n) is 3.58. The zero-order valence-corrected chi connectivity index (χ0v) is 13.8. The largest absolute Gasteiger partial charge is 0.444 e. The molecule has 1 fully saturated rings. The Morgan fingerprint density at radius 2 is 1.91 bits per heavy atom.